The number of piperazine rings is 1. The highest BCUT2D eigenvalue weighted by Gasteiger charge is 2.56. The van der Waals surface area contributed by atoms with Crippen LogP contribution in [0.1, 0.15) is 55.1 Å². The summed E-state index contributed by atoms with van der Waals surface area (Å²) in [5, 5.41) is 3.28. The van der Waals surface area contributed by atoms with Gasteiger partial charge in [0.1, 0.15) is 6.04 Å². The fourth-order valence-electron chi connectivity index (χ4n) is 6.28. The normalized spacial score (nSPS) is 30.3. The Morgan fingerprint density at radius 3 is 2.20 bits per heavy atom. The molecule has 1 N–H and O–H groups in total. The summed E-state index contributed by atoms with van der Waals surface area (Å²) in [6, 6.07) is 19.6. The van der Waals surface area contributed by atoms with Crippen LogP contribution in [-0.2, 0) is 4.79 Å². The van der Waals surface area contributed by atoms with Gasteiger partial charge in [0.2, 0.25) is 0 Å². The Bertz CT molecular complexity index is 1110. The largest absolute Gasteiger partial charge is 0.335 e. The second kappa shape index (κ2) is 9.02. The maximum atomic E-state index is 13.3. The van der Waals surface area contributed by atoms with E-state index in [1.165, 1.54) is 22.4 Å². The Hall–Kier alpha value is -3.35. The number of benzene rings is 2. The van der Waals surface area contributed by atoms with E-state index in [4.69, 9.17) is 0 Å². The van der Waals surface area contributed by atoms with Crippen LogP contribution < -0.4 is 5.32 Å². The van der Waals surface area contributed by atoms with Gasteiger partial charge in [-0.3, -0.25) is 9.69 Å². The first-order valence-corrected chi connectivity index (χ1v) is 12.9. The highest BCUT2D eigenvalue weighted by atomic mass is 16.2. The van der Waals surface area contributed by atoms with Crippen LogP contribution in [-0.4, -0.2) is 70.4 Å². The van der Waals surface area contributed by atoms with Crippen molar-refractivity contribution in [3.05, 3.63) is 71.8 Å². The summed E-state index contributed by atoms with van der Waals surface area (Å²) in [6.45, 7) is 1.11. The molecule has 2 aliphatic carbocycles. The quantitative estimate of drug-likeness (QED) is 0.686. The third-order valence-corrected chi connectivity index (χ3v) is 8.26. The zero-order chi connectivity index (χ0) is 23.9. The number of hydrogen-bond acceptors (Lipinski definition) is 3. The van der Waals surface area contributed by atoms with Crippen molar-refractivity contribution in [2.75, 3.05) is 19.6 Å². The molecule has 5 atom stereocenters. The summed E-state index contributed by atoms with van der Waals surface area (Å²) in [7, 11) is 0. The van der Waals surface area contributed by atoms with Crippen molar-refractivity contribution in [2.24, 2.45) is 0 Å². The lowest BCUT2D eigenvalue weighted by Crippen LogP contribution is -2.58. The fraction of sp³-hybridized carbons (Fsp3) is 0.464. The van der Waals surface area contributed by atoms with Crippen LogP contribution in [0.3, 0.4) is 0 Å². The molecule has 2 saturated carbocycles. The first-order chi connectivity index (χ1) is 17.1. The van der Waals surface area contributed by atoms with Crippen molar-refractivity contribution >= 4 is 18.0 Å². The number of fused-ring (bicyclic) bond motifs is 1. The topological polar surface area (TPSA) is 73.0 Å². The van der Waals surface area contributed by atoms with E-state index in [1.807, 2.05) is 24.3 Å². The van der Waals surface area contributed by atoms with Crippen LogP contribution in [0.5, 0.6) is 0 Å². The molecular weight excluding hydrogens is 440 g/mol. The second-order valence-corrected chi connectivity index (χ2v) is 10.3. The van der Waals surface area contributed by atoms with E-state index >= 15 is 0 Å². The van der Waals surface area contributed by atoms with Crippen LogP contribution in [0.15, 0.2) is 60.7 Å². The molecule has 2 heterocycles. The van der Waals surface area contributed by atoms with Crippen molar-refractivity contribution in [1.29, 1.82) is 0 Å². The molecule has 4 fully saturated rings. The van der Waals surface area contributed by atoms with E-state index in [9.17, 15) is 14.4 Å². The van der Waals surface area contributed by atoms with Gasteiger partial charge in [0.15, 0.2) is 0 Å². The van der Waals surface area contributed by atoms with Crippen molar-refractivity contribution in [3.63, 3.8) is 0 Å². The molecule has 0 unspecified atom stereocenters. The Kier molecular flexibility index (Phi) is 5.71. The molecule has 182 valence electrons. The molecule has 4 aliphatic rings. The minimum Gasteiger partial charge on any atom is -0.335 e. The van der Waals surface area contributed by atoms with E-state index < -0.39 is 6.04 Å². The lowest BCUT2D eigenvalue weighted by molar-refractivity contribution is -0.129. The van der Waals surface area contributed by atoms with Crippen LogP contribution in [0.25, 0.3) is 0 Å². The van der Waals surface area contributed by atoms with E-state index in [0.29, 0.717) is 19.0 Å². The number of carbonyl (C=O) groups excluding carboxylic acids is 3. The molecule has 0 spiro atoms. The van der Waals surface area contributed by atoms with Gasteiger partial charge in [0, 0.05) is 37.0 Å². The molecule has 6 rings (SSSR count). The van der Waals surface area contributed by atoms with Crippen LogP contribution in [0.4, 0.5) is 9.59 Å². The average molecular weight is 473 g/mol. The average Bonchev–Trinajstić information content (AvgIpc) is 3.65. The summed E-state index contributed by atoms with van der Waals surface area (Å²) in [4.78, 5) is 44.6. The van der Waals surface area contributed by atoms with Crippen molar-refractivity contribution in [3.8, 4) is 0 Å². The number of carbonyl (C=O) groups is 3. The number of hydrogen-bond donors (Lipinski definition) is 1. The Morgan fingerprint density at radius 1 is 0.829 bits per heavy atom. The summed E-state index contributed by atoms with van der Waals surface area (Å²) in [5.74, 6) is 0.368. The Morgan fingerprint density at radius 2 is 1.49 bits per heavy atom. The minimum atomic E-state index is -0.574. The first-order valence-electron chi connectivity index (χ1n) is 12.9. The number of urea groups is 2. The first kappa shape index (κ1) is 22.1. The zero-order valence-electron chi connectivity index (χ0n) is 19.9. The number of amides is 5. The molecule has 7 heteroatoms. The van der Waals surface area contributed by atoms with Gasteiger partial charge in [0.05, 0.1) is 6.54 Å². The maximum Gasteiger partial charge on any atom is 0.327 e. The fourth-order valence-corrected chi connectivity index (χ4v) is 6.28. The minimum absolute atomic E-state index is 0.0702. The molecule has 0 radical (unpaired) electrons. The molecular formula is C28H32N4O3. The molecule has 5 amide bonds. The van der Waals surface area contributed by atoms with Gasteiger partial charge in [-0.15, -0.1) is 0 Å². The molecule has 2 saturated heterocycles. The van der Waals surface area contributed by atoms with E-state index in [2.05, 4.69) is 41.7 Å². The van der Waals surface area contributed by atoms with Gasteiger partial charge < -0.3 is 15.1 Å². The number of nitrogens with zero attached hydrogens (tertiary/aromatic N) is 3. The molecule has 0 bridgehead atoms. The van der Waals surface area contributed by atoms with Crippen LogP contribution in [0.2, 0.25) is 0 Å². The Labute approximate surface area is 206 Å². The SMILES string of the molecule is O=C(N[C@H]1CCCC[C@@H]1c1ccccc1)N1CCN2C(=O)N([C@H]3C[C@@H]3c3ccccc3)C(=O)[C@@H]2C1. The van der Waals surface area contributed by atoms with E-state index in [-0.39, 0.29) is 42.5 Å². The summed E-state index contributed by atoms with van der Waals surface area (Å²) < 4.78 is 0. The standard InChI is InChI=1S/C28H32N4O3/c33-26-25-18-30(27(34)29-23-14-8-7-13-21(23)19-9-3-1-4-10-19)15-16-31(25)28(35)32(26)24-17-22(24)20-11-5-2-6-12-20/h1-6,9-12,21-25H,7-8,13-18H2,(H,29,34)/t21-,22-,23+,24+,25+/m1/s1. The number of imide groups is 1. The van der Waals surface area contributed by atoms with Gasteiger partial charge in [0.25, 0.3) is 5.91 Å². The summed E-state index contributed by atoms with van der Waals surface area (Å²) >= 11 is 0. The second-order valence-electron chi connectivity index (χ2n) is 10.3. The lowest BCUT2D eigenvalue weighted by atomic mass is 9.80. The molecule has 2 aromatic rings. The smallest absolute Gasteiger partial charge is 0.327 e. The molecule has 7 nitrogen and oxygen atoms in total. The zero-order valence-corrected chi connectivity index (χ0v) is 19.9. The third kappa shape index (κ3) is 4.07. The van der Waals surface area contributed by atoms with Crippen molar-refractivity contribution < 1.29 is 14.4 Å². The van der Waals surface area contributed by atoms with Crippen molar-refractivity contribution in [2.45, 2.75) is 62.1 Å². The summed E-state index contributed by atoms with van der Waals surface area (Å²) in [5.41, 5.74) is 2.44. The predicted molar refractivity (Wildman–Crippen MR) is 132 cm³/mol. The van der Waals surface area contributed by atoms with E-state index in [0.717, 1.165) is 25.7 Å². The molecule has 35 heavy (non-hydrogen) atoms. The Balaban J connectivity index is 1.11. The van der Waals surface area contributed by atoms with Gasteiger partial charge in [-0.25, -0.2) is 9.59 Å². The monoisotopic (exact) mass is 472 g/mol. The molecule has 2 aromatic carbocycles. The number of nitrogens with one attached hydrogen (secondary N) is 1. The van der Waals surface area contributed by atoms with Crippen molar-refractivity contribution in [1.82, 2.24) is 20.0 Å². The van der Waals surface area contributed by atoms with Gasteiger partial charge in [-0.1, -0.05) is 73.5 Å². The predicted octanol–water partition coefficient (Wildman–Crippen LogP) is 3.93. The highest BCUT2D eigenvalue weighted by Crippen LogP contribution is 2.47. The van der Waals surface area contributed by atoms with Gasteiger partial charge >= 0.3 is 12.1 Å². The number of rotatable bonds is 4. The maximum absolute atomic E-state index is 13.3. The van der Waals surface area contributed by atoms with E-state index in [1.54, 1.807) is 9.80 Å². The van der Waals surface area contributed by atoms with Gasteiger partial charge in [-0.2, -0.15) is 0 Å². The third-order valence-electron chi connectivity index (χ3n) is 8.26. The lowest BCUT2D eigenvalue weighted by Gasteiger charge is -2.38. The molecule has 2 aliphatic heterocycles. The van der Waals surface area contributed by atoms with Gasteiger partial charge in [-0.05, 0) is 30.4 Å². The van der Waals surface area contributed by atoms with Crippen LogP contribution >= 0.6 is 0 Å². The molecule has 0 aromatic heterocycles. The van der Waals surface area contributed by atoms with Crippen LogP contribution in [0, 0.1) is 0 Å². The highest BCUT2D eigenvalue weighted by molar-refractivity contribution is 6.05. The summed E-state index contributed by atoms with van der Waals surface area (Å²) in [6.07, 6.45) is 5.12.